The fraction of sp³-hybridized carbons (Fsp3) is 0.231. The van der Waals surface area contributed by atoms with Crippen molar-refractivity contribution in [2.45, 2.75) is 12.8 Å². The molecule has 0 amide bonds. The van der Waals surface area contributed by atoms with Crippen LogP contribution in [0.25, 0.3) is 11.4 Å². The number of hydrogen-bond acceptors (Lipinski definition) is 2. The van der Waals surface area contributed by atoms with Gasteiger partial charge in [-0.05, 0) is 12.0 Å². The molecular weight excluding hydrogens is 216 g/mol. The Morgan fingerprint density at radius 1 is 1.35 bits per heavy atom. The van der Waals surface area contributed by atoms with E-state index in [1.165, 1.54) is 0 Å². The lowest BCUT2D eigenvalue weighted by Crippen LogP contribution is -1.97. The first kappa shape index (κ1) is 11.4. The largest absolute Gasteiger partial charge is 0.481 e. The molecule has 4 nitrogen and oxygen atoms in total. The summed E-state index contributed by atoms with van der Waals surface area (Å²) in [5, 5.41) is 8.60. The van der Waals surface area contributed by atoms with E-state index >= 15 is 0 Å². The van der Waals surface area contributed by atoms with Gasteiger partial charge in [0.05, 0.1) is 0 Å². The molecule has 0 aliphatic rings. The van der Waals surface area contributed by atoms with Crippen molar-refractivity contribution in [1.29, 1.82) is 0 Å². The number of benzene rings is 1. The molecule has 2 rings (SSSR count). The molecule has 0 spiro atoms. The van der Waals surface area contributed by atoms with Gasteiger partial charge in [0.1, 0.15) is 5.82 Å². The Balaban J connectivity index is 2.13. The van der Waals surface area contributed by atoms with Gasteiger partial charge in [-0.15, -0.1) is 0 Å². The third-order valence-electron chi connectivity index (χ3n) is 2.66. The Kier molecular flexibility index (Phi) is 3.23. The summed E-state index contributed by atoms with van der Waals surface area (Å²) >= 11 is 0. The molecule has 0 fully saturated rings. The fourth-order valence-corrected chi connectivity index (χ4v) is 1.72. The molecule has 1 heterocycles. The summed E-state index contributed by atoms with van der Waals surface area (Å²) in [5.74, 6) is 0.146. The highest BCUT2D eigenvalue weighted by molar-refractivity contribution is 5.67. The third kappa shape index (κ3) is 2.72. The molecule has 4 heteroatoms. The molecule has 0 saturated carbocycles. The average Bonchev–Trinajstić information content (AvgIpc) is 2.73. The number of carboxylic acid groups (broad SMARTS) is 1. The second-order valence-electron chi connectivity index (χ2n) is 3.95. The highest BCUT2D eigenvalue weighted by atomic mass is 16.4. The van der Waals surface area contributed by atoms with Crippen LogP contribution in [0.5, 0.6) is 0 Å². The molecule has 1 aromatic heterocycles. The zero-order valence-corrected chi connectivity index (χ0v) is 9.63. The Morgan fingerprint density at radius 3 is 2.59 bits per heavy atom. The molecule has 0 atom stereocenters. The lowest BCUT2D eigenvalue weighted by atomic mass is 10.1. The minimum Gasteiger partial charge on any atom is -0.481 e. The predicted octanol–water partition coefficient (Wildman–Crippen LogP) is 2.10. The summed E-state index contributed by atoms with van der Waals surface area (Å²) in [5.41, 5.74) is 2.07. The van der Waals surface area contributed by atoms with E-state index in [-0.39, 0.29) is 6.42 Å². The molecule has 0 aliphatic carbocycles. The lowest BCUT2D eigenvalue weighted by molar-refractivity contribution is -0.136. The van der Waals surface area contributed by atoms with Gasteiger partial charge in [-0.2, -0.15) is 0 Å². The Morgan fingerprint density at radius 2 is 2.06 bits per heavy atom. The van der Waals surface area contributed by atoms with Crippen LogP contribution in [0.2, 0.25) is 0 Å². The highest BCUT2D eigenvalue weighted by Crippen LogP contribution is 2.17. The molecule has 1 N–H and O–H groups in total. The molecule has 0 radical (unpaired) electrons. The zero-order chi connectivity index (χ0) is 12.3. The van der Waals surface area contributed by atoms with E-state index in [1.54, 1.807) is 6.20 Å². The quantitative estimate of drug-likeness (QED) is 0.875. The van der Waals surface area contributed by atoms with E-state index in [9.17, 15) is 4.79 Å². The number of aliphatic carboxylic acids is 1. The van der Waals surface area contributed by atoms with Gasteiger partial charge in [0.25, 0.3) is 0 Å². The number of aryl methyl sites for hydroxylation is 2. The van der Waals surface area contributed by atoms with Crippen LogP contribution in [0.1, 0.15) is 12.0 Å². The van der Waals surface area contributed by atoms with Gasteiger partial charge in [0.2, 0.25) is 0 Å². The Hall–Kier alpha value is -2.10. The maximum atomic E-state index is 10.5. The minimum absolute atomic E-state index is 0.168. The molecule has 88 valence electrons. The van der Waals surface area contributed by atoms with Crippen molar-refractivity contribution < 1.29 is 9.90 Å². The monoisotopic (exact) mass is 230 g/mol. The van der Waals surface area contributed by atoms with Crippen LogP contribution in [0.4, 0.5) is 0 Å². The third-order valence-corrected chi connectivity index (χ3v) is 2.66. The molecular formula is C13H14N2O2. The first-order valence-corrected chi connectivity index (χ1v) is 5.45. The topological polar surface area (TPSA) is 55.1 Å². The van der Waals surface area contributed by atoms with Crippen LogP contribution in [0.3, 0.4) is 0 Å². The van der Waals surface area contributed by atoms with Crippen LogP contribution < -0.4 is 0 Å². The van der Waals surface area contributed by atoms with E-state index in [0.717, 1.165) is 17.0 Å². The number of nitrogens with zero attached hydrogens (tertiary/aromatic N) is 2. The second kappa shape index (κ2) is 4.82. The van der Waals surface area contributed by atoms with E-state index < -0.39 is 5.97 Å². The number of carbonyl (C=O) groups is 1. The van der Waals surface area contributed by atoms with Gasteiger partial charge in [-0.3, -0.25) is 4.79 Å². The van der Waals surface area contributed by atoms with Crippen molar-refractivity contribution in [2.75, 3.05) is 0 Å². The Bertz CT molecular complexity index is 514. The van der Waals surface area contributed by atoms with Crippen molar-refractivity contribution in [3.63, 3.8) is 0 Å². The fourth-order valence-electron chi connectivity index (χ4n) is 1.72. The van der Waals surface area contributed by atoms with Gasteiger partial charge < -0.3 is 9.67 Å². The van der Waals surface area contributed by atoms with Crippen molar-refractivity contribution in [2.24, 2.45) is 7.05 Å². The van der Waals surface area contributed by atoms with Crippen LogP contribution in [0, 0.1) is 0 Å². The first-order chi connectivity index (χ1) is 8.16. The molecule has 1 aromatic carbocycles. The molecule has 17 heavy (non-hydrogen) atoms. The normalized spacial score (nSPS) is 10.4. The molecule has 0 unspecified atom stereocenters. The summed E-state index contributed by atoms with van der Waals surface area (Å²) in [6.07, 6.45) is 4.39. The number of hydrogen-bond donors (Lipinski definition) is 1. The summed E-state index contributed by atoms with van der Waals surface area (Å²) in [7, 11) is 1.95. The summed E-state index contributed by atoms with van der Waals surface area (Å²) in [6.45, 7) is 0. The van der Waals surface area contributed by atoms with E-state index in [0.29, 0.717) is 6.42 Å². The van der Waals surface area contributed by atoms with Crippen molar-refractivity contribution in [1.82, 2.24) is 9.55 Å². The predicted molar refractivity (Wildman–Crippen MR) is 64.6 cm³/mol. The molecule has 0 aliphatic heterocycles. The van der Waals surface area contributed by atoms with Crippen molar-refractivity contribution in [3.8, 4) is 11.4 Å². The van der Waals surface area contributed by atoms with E-state index in [4.69, 9.17) is 5.11 Å². The molecule has 0 bridgehead atoms. The average molecular weight is 230 g/mol. The SMILES string of the molecule is Cn1ccnc1-c1ccc(CCC(=O)O)cc1. The zero-order valence-electron chi connectivity index (χ0n) is 9.63. The van der Waals surface area contributed by atoms with Crippen LogP contribution in [-0.2, 0) is 18.3 Å². The van der Waals surface area contributed by atoms with Gasteiger partial charge in [0, 0.05) is 31.4 Å². The lowest BCUT2D eigenvalue weighted by Gasteiger charge is -2.03. The molecule has 0 saturated heterocycles. The van der Waals surface area contributed by atoms with Crippen molar-refractivity contribution in [3.05, 3.63) is 42.2 Å². The number of rotatable bonds is 4. The van der Waals surface area contributed by atoms with Gasteiger partial charge >= 0.3 is 5.97 Å². The standard InChI is InChI=1S/C13H14N2O2/c1-15-9-8-14-13(15)11-5-2-10(3-6-11)4-7-12(16)17/h2-3,5-6,8-9H,4,7H2,1H3,(H,16,17). The highest BCUT2D eigenvalue weighted by Gasteiger charge is 2.03. The number of imidazole rings is 1. The second-order valence-corrected chi connectivity index (χ2v) is 3.95. The van der Waals surface area contributed by atoms with Gasteiger partial charge in [-0.1, -0.05) is 24.3 Å². The van der Waals surface area contributed by atoms with Crippen LogP contribution in [-0.4, -0.2) is 20.6 Å². The van der Waals surface area contributed by atoms with Crippen LogP contribution >= 0.6 is 0 Å². The Labute approximate surface area is 99.5 Å². The maximum absolute atomic E-state index is 10.5. The number of aromatic nitrogens is 2. The summed E-state index contributed by atoms with van der Waals surface area (Å²) in [6, 6.07) is 7.85. The number of carboxylic acids is 1. The maximum Gasteiger partial charge on any atom is 0.303 e. The summed E-state index contributed by atoms with van der Waals surface area (Å²) in [4.78, 5) is 14.7. The smallest absolute Gasteiger partial charge is 0.303 e. The first-order valence-electron chi connectivity index (χ1n) is 5.45. The minimum atomic E-state index is -0.766. The van der Waals surface area contributed by atoms with Crippen molar-refractivity contribution >= 4 is 5.97 Å². The summed E-state index contributed by atoms with van der Waals surface area (Å²) < 4.78 is 1.95. The molecule has 2 aromatic rings. The van der Waals surface area contributed by atoms with E-state index in [2.05, 4.69) is 4.98 Å². The van der Waals surface area contributed by atoms with Gasteiger partial charge in [0.15, 0.2) is 0 Å². The van der Waals surface area contributed by atoms with Gasteiger partial charge in [-0.25, -0.2) is 4.98 Å². The van der Waals surface area contributed by atoms with Crippen LogP contribution in [0.15, 0.2) is 36.7 Å². The van der Waals surface area contributed by atoms with E-state index in [1.807, 2.05) is 42.1 Å².